The second-order valence-corrected chi connectivity index (χ2v) is 9.31. The zero-order valence-corrected chi connectivity index (χ0v) is 19.2. The molecule has 2 fully saturated rings. The summed E-state index contributed by atoms with van der Waals surface area (Å²) in [5, 5.41) is 21.2. The molecule has 0 amide bonds. The fourth-order valence-electron chi connectivity index (χ4n) is 4.18. The Hall–Kier alpha value is -2.59. The van der Waals surface area contributed by atoms with Crippen molar-refractivity contribution < 1.29 is 19.1 Å². The highest BCUT2D eigenvalue weighted by molar-refractivity contribution is 7.81. The molecule has 176 valence electrons. The molecule has 2 aromatic rings. The summed E-state index contributed by atoms with van der Waals surface area (Å²) in [6, 6.07) is 5.91. The number of hydrogen-bond acceptors (Lipinski definition) is 7. The summed E-state index contributed by atoms with van der Waals surface area (Å²) in [5.74, 6) is -0.633. The van der Waals surface area contributed by atoms with Crippen LogP contribution in [-0.2, 0) is 16.1 Å². The van der Waals surface area contributed by atoms with Crippen molar-refractivity contribution >= 4 is 30.5 Å². The number of rotatable bonds is 10. The minimum atomic E-state index is -0.817. The summed E-state index contributed by atoms with van der Waals surface area (Å²) < 4.78 is 14.7. The quantitative estimate of drug-likeness (QED) is 0.404. The van der Waals surface area contributed by atoms with Crippen LogP contribution in [0.25, 0.3) is 6.08 Å². The van der Waals surface area contributed by atoms with E-state index in [0.29, 0.717) is 43.9 Å². The normalized spacial score (nSPS) is 21.3. The van der Waals surface area contributed by atoms with E-state index >= 15 is 0 Å². The van der Waals surface area contributed by atoms with Crippen LogP contribution in [0, 0.1) is 11.7 Å². The summed E-state index contributed by atoms with van der Waals surface area (Å²) in [6.45, 7) is 1.61. The number of aromatic nitrogens is 4. The van der Waals surface area contributed by atoms with Gasteiger partial charge in [0.2, 0.25) is 0 Å². The number of ketones is 1. The monoisotopic (exact) mass is 473 g/mol. The zero-order valence-electron chi connectivity index (χ0n) is 18.3. The van der Waals surface area contributed by atoms with Crippen molar-refractivity contribution in [3.63, 3.8) is 0 Å². The van der Waals surface area contributed by atoms with Crippen molar-refractivity contribution in [2.45, 2.75) is 56.4 Å². The summed E-state index contributed by atoms with van der Waals surface area (Å²) in [4.78, 5) is 27.3. The SMILES string of the molecule is O=C(O)CCCCn1nnc(/C=C2\CN(C(C(=O)C3CC3)c3ccccc3F)CCC2S)n1. The molecule has 2 unspecified atom stereocenters. The third kappa shape index (κ3) is 6.05. The Kier molecular flexibility index (Phi) is 7.54. The van der Waals surface area contributed by atoms with Crippen LogP contribution in [0.1, 0.15) is 56.0 Å². The summed E-state index contributed by atoms with van der Waals surface area (Å²) in [6.07, 6.45) is 5.62. The number of thiol groups is 1. The van der Waals surface area contributed by atoms with Gasteiger partial charge in [-0.15, -0.1) is 10.2 Å². The standard InChI is InChI=1S/C23H28FN5O3S/c24-18-6-2-1-5-17(18)22(23(32)15-8-9-15)28-12-10-19(33)16(14-28)13-20-25-27-29(26-20)11-4-3-7-21(30)31/h1-2,5-6,13,15,19,22,33H,3-4,7-12,14H2,(H,30,31)/b16-13+. The van der Waals surface area contributed by atoms with Crippen LogP contribution in [0.5, 0.6) is 0 Å². The number of nitrogens with zero attached hydrogens (tertiary/aromatic N) is 5. The Labute approximate surface area is 197 Å². The number of Topliss-reactive ketones (excluding diaryl/α,β-unsaturated/α-hetero) is 1. The van der Waals surface area contributed by atoms with Gasteiger partial charge in [0.25, 0.3) is 0 Å². The number of carbonyl (C=O) groups excluding carboxylic acids is 1. The van der Waals surface area contributed by atoms with Gasteiger partial charge in [0.15, 0.2) is 11.6 Å². The molecule has 2 atom stereocenters. The molecule has 1 saturated carbocycles. The van der Waals surface area contributed by atoms with Gasteiger partial charge in [-0.05, 0) is 55.0 Å². The molecule has 8 nitrogen and oxygen atoms in total. The molecular weight excluding hydrogens is 445 g/mol. The lowest BCUT2D eigenvalue weighted by Gasteiger charge is -2.37. The van der Waals surface area contributed by atoms with Crippen molar-refractivity contribution in [2.24, 2.45) is 5.92 Å². The largest absolute Gasteiger partial charge is 0.481 e. The fraction of sp³-hybridized carbons (Fsp3) is 0.522. The van der Waals surface area contributed by atoms with Crippen molar-refractivity contribution in [3.05, 3.63) is 47.0 Å². The van der Waals surface area contributed by atoms with Crippen LogP contribution < -0.4 is 0 Å². The molecule has 1 aromatic heterocycles. The number of aliphatic carboxylic acids is 1. The Balaban J connectivity index is 1.49. The zero-order chi connectivity index (χ0) is 23.4. The number of likely N-dealkylation sites (tertiary alicyclic amines) is 1. The first kappa shape index (κ1) is 23.6. The Bertz CT molecular complexity index is 1040. The number of carbonyl (C=O) groups is 2. The highest BCUT2D eigenvalue weighted by atomic mass is 32.1. The van der Waals surface area contributed by atoms with E-state index in [1.165, 1.54) is 10.9 Å². The van der Waals surface area contributed by atoms with Gasteiger partial charge in [0.1, 0.15) is 5.82 Å². The topological polar surface area (TPSA) is 101 Å². The minimum absolute atomic E-state index is 0.0125. The number of benzene rings is 1. The van der Waals surface area contributed by atoms with Gasteiger partial charge in [0.05, 0.1) is 12.6 Å². The third-order valence-corrected chi connectivity index (χ3v) is 6.69. The number of tetrazole rings is 1. The van der Waals surface area contributed by atoms with Crippen LogP contribution in [0.2, 0.25) is 0 Å². The smallest absolute Gasteiger partial charge is 0.303 e. The van der Waals surface area contributed by atoms with Gasteiger partial charge in [-0.1, -0.05) is 18.2 Å². The maximum atomic E-state index is 14.7. The van der Waals surface area contributed by atoms with E-state index in [0.717, 1.165) is 24.8 Å². The van der Waals surface area contributed by atoms with E-state index in [2.05, 4.69) is 15.4 Å². The van der Waals surface area contributed by atoms with Crippen LogP contribution >= 0.6 is 12.6 Å². The molecule has 2 aliphatic rings. The van der Waals surface area contributed by atoms with Crippen LogP contribution in [0.15, 0.2) is 29.8 Å². The number of piperidine rings is 1. The van der Waals surface area contributed by atoms with Crippen molar-refractivity contribution in [1.82, 2.24) is 25.1 Å². The maximum Gasteiger partial charge on any atom is 0.303 e. The molecule has 0 spiro atoms. The van der Waals surface area contributed by atoms with Gasteiger partial charge in [0, 0.05) is 36.2 Å². The summed E-state index contributed by atoms with van der Waals surface area (Å²) in [5.41, 5.74) is 1.39. The lowest BCUT2D eigenvalue weighted by Crippen LogP contribution is -2.42. The molecule has 0 radical (unpaired) electrons. The van der Waals surface area contributed by atoms with Crippen LogP contribution in [0.3, 0.4) is 0 Å². The van der Waals surface area contributed by atoms with E-state index in [4.69, 9.17) is 17.7 Å². The molecule has 33 heavy (non-hydrogen) atoms. The third-order valence-electron chi connectivity index (χ3n) is 6.10. The van der Waals surface area contributed by atoms with E-state index in [9.17, 15) is 14.0 Å². The number of unbranched alkanes of at least 4 members (excludes halogenated alkanes) is 1. The molecule has 1 aromatic carbocycles. The molecular formula is C23H28FN5O3S. The average Bonchev–Trinajstić information content (AvgIpc) is 3.55. The first-order valence-corrected chi connectivity index (χ1v) is 11.8. The molecule has 1 saturated heterocycles. The molecule has 0 bridgehead atoms. The molecule has 1 N–H and O–H groups in total. The lowest BCUT2D eigenvalue weighted by atomic mass is 9.93. The second-order valence-electron chi connectivity index (χ2n) is 8.69. The van der Waals surface area contributed by atoms with Crippen molar-refractivity contribution in [3.8, 4) is 0 Å². The maximum absolute atomic E-state index is 14.7. The predicted molar refractivity (Wildman–Crippen MR) is 123 cm³/mol. The van der Waals surface area contributed by atoms with Crippen molar-refractivity contribution in [1.29, 1.82) is 0 Å². The molecule has 1 aliphatic heterocycles. The van der Waals surface area contributed by atoms with Crippen molar-refractivity contribution in [2.75, 3.05) is 13.1 Å². The van der Waals surface area contributed by atoms with E-state index in [-0.39, 0.29) is 29.2 Å². The lowest BCUT2D eigenvalue weighted by molar-refractivity contribution is -0.137. The van der Waals surface area contributed by atoms with Gasteiger partial charge in [-0.25, -0.2) is 4.39 Å². The van der Waals surface area contributed by atoms with Crippen LogP contribution in [-0.4, -0.2) is 60.3 Å². The number of aryl methyl sites for hydroxylation is 1. The number of hydrogen-bond donors (Lipinski definition) is 2. The first-order valence-electron chi connectivity index (χ1n) is 11.3. The second kappa shape index (κ2) is 10.6. The first-order chi connectivity index (χ1) is 15.9. The van der Waals surface area contributed by atoms with Crippen LogP contribution in [0.4, 0.5) is 4.39 Å². The predicted octanol–water partition coefficient (Wildman–Crippen LogP) is 3.18. The number of carboxylic acid groups (broad SMARTS) is 1. The van der Waals surface area contributed by atoms with E-state index < -0.39 is 12.0 Å². The number of halogens is 1. The Morgan fingerprint density at radius 3 is 2.76 bits per heavy atom. The van der Waals surface area contributed by atoms with Gasteiger partial charge in [-0.2, -0.15) is 17.4 Å². The number of carboxylic acids is 1. The van der Waals surface area contributed by atoms with E-state index in [1.807, 2.05) is 11.0 Å². The molecule has 1 aliphatic carbocycles. The van der Waals surface area contributed by atoms with Gasteiger partial charge in [-0.3, -0.25) is 14.5 Å². The summed E-state index contributed by atoms with van der Waals surface area (Å²) >= 11 is 4.71. The summed E-state index contributed by atoms with van der Waals surface area (Å²) in [7, 11) is 0. The highest BCUT2D eigenvalue weighted by Crippen LogP contribution is 2.39. The highest BCUT2D eigenvalue weighted by Gasteiger charge is 2.40. The minimum Gasteiger partial charge on any atom is -0.481 e. The van der Waals surface area contributed by atoms with Gasteiger partial charge < -0.3 is 5.11 Å². The fourth-order valence-corrected chi connectivity index (χ4v) is 4.45. The Morgan fingerprint density at radius 1 is 1.24 bits per heavy atom. The average molecular weight is 474 g/mol. The molecule has 10 heteroatoms. The molecule has 4 rings (SSSR count). The Morgan fingerprint density at radius 2 is 2.03 bits per heavy atom. The van der Waals surface area contributed by atoms with Gasteiger partial charge >= 0.3 is 5.97 Å². The van der Waals surface area contributed by atoms with E-state index in [1.54, 1.807) is 18.2 Å². The molecule has 2 heterocycles.